The number of hydrogen-bond acceptors (Lipinski definition) is 4. The van der Waals surface area contributed by atoms with Crippen molar-refractivity contribution in [2.45, 2.75) is 44.1 Å². The topological polar surface area (TPSA) is 72.7 Å². The van der Waals surface area contributed by atoms with Crippen LogP contribution in [-0.2, 0) is 16.6 Å². The molecule has 1 heterocycles. The molecule has 1 amide bonds. The average molecular weight is 428 g/mol. The van der Waals surface area contributed by atoms with Gasteiger partial charge >= 0.3 is 0 Å². The van der Waals surface area contributed by atoms with Crippen LogP contribution in [0.1, 0.15) is 42.3 Å². The molecule has 8 heteroatoms. The number of benzene rings is 2. The normalized spacial score (nSPS) is 16.0. The molecule has 1 atom stereocenters. The van der Waals surface area contributed by atoms with Gasteiger partial charge < -0.3 is 5.32 Å². The van der Waals surface area contributed by atoms with Gasteiger partial charge in [0.1, 0.15) is 17.7 Å². The first kappa shape index (κ1) is 20.5. The third-order valence-corrected chi connectivity index (χ3v) is 6.19. The SMILES string of the molecule is Cc1nnnn1C(Cc1cccc(F)c1)C(=O)NCC1(c2ccc(Cl)cc2)CCC1. The summed E-state index contributed by atoms with van der Waals surface area (Å²) in [6, 6.07) is 13.4. The van der Waals surface area contributed by atoms with Crippen LogP contribution in [0.25, 0.3) is 0 Å². The van der Waals surface area contributed by atoms with Gasteiger partial charge in [-0.25, -0.2) is 9.07 Å². The molecule has 30 heavy (non-hydrogen) atoms. The lowest BCUT2D eigenvalue weighted by molar-refractivity contribution is -0.125. The van der Waals surface area contributed by atoms with E-state index in [9.17, 15) is 9.18 Å². The lowest BCUT2D eigenvalue weighted by Crippen LogP contribution is -2.47. The number of carbonyl (C=O) groups is 1. The van der Waals surface area contributed by atoms with E-state index in [1.165, 1.54) is 22.4 Å². The molecular formula is C22H23ClFN5O. The highest BCUT2D eigenvalue weighted by atomic mass is 35.5. The highest BCUT2D eigenvalue weighted by Crippen LogP contribution is 2.43. The summed E-state index contributed by atoms with van der Waals surface area (Å²) in [5.41, 5.74) is 1.80. The predicted molar refractivity (Wildman–Crippen MR) is 112 cm³/mol. The molecule has 4 rings (SSSR count). The van der Waals surface area contributed by atoms with Crippen LogP contribution in [0.4, 0.5) is 4.39 Å². The molecule has 1 aliphatic rings. The molecule has 3 aromatic rings. The summed E-state index contributed by atoms with van der Waals surface area (Å²) < 4.78 is 15.2. The lowest BCUT2D eigenvalue weighted by atomic mass is 9.64. The fraction of sp³-hybridized carbons (Fsp3) is 0.364. The molecule has 1 saturated carbocycles. The van der Waals surface area contributed by atoms with E-state index in [2.05, 4.69) is 20.8 Å². The fourth-order valence-electron chi connectivity index (χ4n) is 4.05. The zero-order valence-electron chi connectivity index (χ0n) is 16.7. The summed E-state index contributed by atoms with van der Waals surface area (Å²) in [6.07, 6.45) is 3.43. The smallest absolute Gasteiger partial charge is 0.245 e. The molecule has 1 aliphatic carbocycles. The van der Waals surface area contributed by atoms with Crippen molar-refractivity contribution in [1.29, 1.82) is 0 Å². The third-order valence-electron chi connectivity index (χ3n) is 5.94. The Morgan fingerprint density at radius 3 is 2.63 bits per heavy atom. The van der Waals surface area contributed by atoms with Gasteiger partial charge in [0.2, 0.25) is 5.91 Å². The summed E-state index contributed by atoms with van der Waals surface area (Å²) in [4.78, 5) is 13.2. The van der Waals surface area contributed by atoms with Gasteiger partial charge in [-0.05, 0) is 65.6 Å². The Hall–Kier alpha value is -2.80. The second-order valence-electron chi connectivity index (χ2n) is 7.88. The van der Waals surface area contributed by atoms with Gasteiger partial charge in [-0.2, -0.15) is 0 Å². The van der Waals surface area contributed by atoms with Crippen LogP contribution in [0.2, 0.25) is 5.02 Å². The van der Waals surface area contributed by atoms with Crippen LogP contribution in [0, 0.1) is 12.7 Å². The van der Waals surface area contributed by atoms with Crippen LogP contribution in [-0.4, -0.2) is 32.7 Å². The van der Waals surface area contributed by atoms with Crippen molar-refractivity contribution >= 4 is 17.5 Å². The van der Waals surface area contributed by atoms with Crippen LogP contribution in [0.3, 0.4) is 0 Å². The zero-order chi connectivity index (χ0) is 21.1. The van der Waals surface area contributed by atoms with Crippen LogP contribution in [0.15, 0.2) is 48.5 Å². The second kappa shape index (κ2) is 8.52. The average Bonchev–Trinajstić information content (AvgIpc) is 3.12. The molecule has 1 unspecified atom stereocenters. The molecule has 1 N–H and O–H groups in total. The van der Waals surface area contributed by atoms with Crippen LogP contribution >= 0.6 is 11.6 Å². The van der Waals surface area contributed by atoms with Gasteiger partial charge in [-0.3, -0.25) is 4.79 Å². The van der Waals surface area contributed by atoms with Gasteiger partial charge in [0.05, 0.1) is 0 Å². The summed E-state index contributed by atoms with van der Waals surface area (Å²) in [5.74, 6) is 0.00812. The van der Waals surface area contributed by atoms with Gasteiger partial charge in [-0.1, -0.05) is 42.3 Å². The zero-order valence-corrected chi connectivity index (χ0v) is 17.4. The number of halogens is 2. The number of carbonyl (C=O) groups excluding carboxylic acids is 1. The molecule has 6 nitrogen and oxygen atoms in total. The van der Waals surface area contributed by atoms with Crippen molar-refractivity contribution in [2.75, 3.05) is 6.54 Å². The third kappa shape index (κ3) is 4.21. The highest BCUT2D eigenvalue weighted by molar-refractivity contribution is 6.30. The number of amides is 1. The number of aromatic nitrogens is 4. The van der Waals surface area contributed by atoms with E-state index in [1.54, 1.807) is 19.1 Å². The van der Waals surface area contributed by atoms with E-state index in [0.717, 1.165) is 19.3 Å². The quantitative estimate of drug-likeness (QED) is 0.622. The minimum atomic E-state index is -0.663. The number of aryl methyl sites for hydroxylation is 1. The molecule has 0 radical (unpaired) electrons. The van der Waals surface area contributed by atoms with Crippen molar-refractivity contribution in [1.82, 2.24) is 25.5 Å². The first-order valence-corrected chi connectivity index (χ1v) is 10.4. The number of nitrogens with one attached hydrogen (secondary N) is 1. The van der Waals surface area contributed by atoms with E-state index in [0.29, 0.717) is 29.4 Å². The Kier molecular flexibility index (Phi) is 5.81. The number of tetrazole rings is 1. The maximum absolute atomic E-state index is 13.7. The van der Waals surface area contributed by atoms with Crippen molar-refractivity contribution in [3.8, 4) is 0 Å². The lowest BCUT2D eigenvalue weighted by Gasteiger charge is -2.43. The van der Waals surface area contributed by atoms with Gasteiger partial charge in [0, 0.05) is 23.4 Å². The molecular weight excluding hydrogens is 405 g/mol. The second-order valence-corrected chi connectivity index (χ2v) is 8.32. The Balaban J connectivity index is 1.53. The van der Waals surface area contributed by atoms with E-state index < -0.39 is 6.04 Å². The Bertz CT molecular complexity index is 1030. The molecule has 0 bridgehead atoms. The number of nitrogens with zero attached hydrogens (tertiary/aromatic N) is 4. The van der Waals surface area contributed by atoms with Gasteiger partial charge in [0.25, 0.3) is 0 Å². The highest BCUT2D eigenvalue weighted by Gasteiger charge is 2.39. The first-order chi connectivity index (χ1) is 14.5. The van der Waals surface area contributed by atoms with Crippen molar-refractivity contribution < 1.29 is 9.18 Å². The minimum absolute atomic E-state index is 0.0840. The standard InChI is InChI=1S/C22H23ClFN5O/c1-15-26-27-28-29(15)20(13-16-4-2-5-19(24)12-16)21(30)25-14-22(10-3-11-22)17-6-8-18(23)9-7-17/h2,4-9,12,20H,3,10-11,13-14H2,1H3,(H,25,30). The summed E-state index contributed by atoms with van der Waals surface area (Å²) in [6.45, 7) is 2.27. The Morgan fingerprint density at radius 1 is 1.27 bits per heavy atom. The Labute approximate surface area is 179 Å². The molecule has 1 aromatic heterocycles. The maximum atomic E-state index is 13.7. The fourth-order valence-corrected chi connectivity index (χ4v) is 4.18. The largest absolute Gasteiger partial charge is 0.353 e. The molecule has 0 aliphatic heterocycles. The molecule has 156 valence electrons. The first-order valence-electron chi connectivity index (χ1n) is 9.99. The number of rotatable bonds is 7. The summed E-state index contributed by atoms with van der Waals surface area (Å²) in [7, 11) is 0. The predicted octanol–water partition coefficient (Wildman–Crippen LogP) is 3.80. The maximum Gasteiger partial charge on any atom is 0.245 e. The van der Waals surface area contributed by atoms with Gasteiger partial charge in [0.15, 0.2) is 0 Å². The summed E-state index contributed by atoms with van der Waals surface area (Å²) >= 11 is 6.03. The molecule has 2 aromatic carbocycles. The van der Waals surface area contributed by atoms with Crippen LogP contribution in [0.5, 0.6) is 0 Å². The summed E-state index contributed by atoms with van der Waals surface area (Å²) in [5, 5.41) is 15.4. The van der Waals surface area contributed by atoms with Crippen LogP contribution < -0.4 is 5.32 Å². The van der Waals surface area contributed by atoms with Gasteiger partial charge in [-0.15, -0.1) is 5.10 Å². The minimum Gasteiger partial charge on any atom is -0.353 e. The van der Waals surface area contributed by atoms with Crippen molar-refractivity contribution in [3.63, 3.8) is 0 Å². The molecule has 0 spiro atoms. The number of hydrogen-bond donors (Lipinski definition) is 1. The van der Waals surface area contributed by atoms with E-state index in [-0.39, 0.29) is 17.1 Å². The van der Waals surface area contributed by atoms with E-state index in [1.807, 2.05) is 24.3 Å². The Morgan fingerprint density at radius 2 is 2.03 bits per heavy atom. The monoisotopic (exact) mass is 427 g/mol. The van der Waals surface area contributed by atoms with E-state index >= 15 is 0 Å². The molecule has 1 fully saturated rings. The van der Waals surface area contributed by atoms with E-state index in [4.69, 9.17) is 11.6 Å². The van der Waals surface area contributed by atoms with Crippen molar-refractivity contribution in [3.05, 3.63) is 76.3 Å². The van der Waals surface area contributed by atoms with Crippen molar-refractivity contribution in [2.24, 2.45) is 0 Å². The molecule has 0 saturated heterocycles.